The van der Waals surface area contributed by atoms with Crippen LogP contribution in [-0.4, -0.2) is 0 Å². The first-order valence-corrected chi connectivity index (χ1v) is 18.4. The summed E-state index contributed by atoms with van der Waals surface area (Å²) in [7, 11) is 0. The van der Waals surface area contributed by atoms with E-state index in [2.05, 4.69) is 48.5 Å². The van der Waals surface area contributed by atoms with Gasteiger partial charge in [-0.1, -0.05) is 121 Å². The smallest absolute Gasteiger partial charge is 0.143 e. The van der Waals surface area contributed by atoms with Crippen molar-refractivity contribution in [3.05, 3.63) is 204 Å². The van der Waals surface area contributed by atoms with Crippen molar-refractivity contribution in [1.82, 2.24) is 0 Å². The van der Waals surface area contributed by atoms with E-state index in [9.17, 15) is 21.0 Å². The SMILES string of the molecule is N#Cc1ccc(Oc2c(-c3ccccc3)cc(-c3cc(-c4ccccc4)c(Oc4ccc(C#N)c(C#N)c4)c(-c4ccccc4)c3)cc2-c2ccccc2)cc1C#N. The van der Waals surface area contributed by atoms with E-state index in [1.807, 2.05) is 121 Å². The molecule has 58 heavy (non-hydrogen) atoms. The van der Waals surface area contributed by atoms with Crippen molar-refractivity contribution in [3.8, 4) is 103 Å². The second-order valence-electron chi connectivity index (χ2n) is 13.3. The molecule has 0 bridgehead atoms. The van der Waals surface area contributed by atoms with E-state index in [1.54, 1.807) is 36.4 Å². The number of hydrogen-bond acceptors (Lipinski definition) is 6. The zero-order chi connectivity index (χ0) is 39.8. The van der Waals surface area contributed by atoms with Crippen LogP contribution in [0, 0.1) is 45.3 Å². The Hall–Kier alpha value is -8.68. The van der Waals surface area contributed by atoms with Crippen LogP contribution in [0.4, 0.5) is 0 Å². The van der Waals surface area contributed by atoms with Crippen molar-refractivity contribution in [3.63, 3.8) is 0 Å². The van der Waals surface area contributed by atoms with Crippen molar-refractivity contribution in [1.29, 1.82) is 21.0 Å². The fourth-order valence-electron chi connectivity index (χ4n) is 6.93. The Morgan fingerprint density at radius 2 is 0.552 bits per heavy atom. The first-order chi connectivity index (χ1) is 28.6. The van der Waals surface area contributed by atoms with Gasteiger partial charge in [0.2, 0.25) is 0 Å². The third-order valence-corrected chi connectivity index (χ3v) is 9.75. The topological polar surface area (TPSA) is 114 Å². The molecule has 270 valence electrons. The van der Waals surface area contributed by atoms with E-state index in [0.29, 0.717) is 23.0 Å². The highest BCUT2D eigenvalue weighted by Gasteiger charge is 2.22. The van der Waals surface area contributed by atoms with Gasteiger partial charge in [-0.15, -0.1) is 0 Å². The molecule has 0 amide bonds. The highest BCUT2D eigenvalue weighted by atomic mass is 16.5. The summed E-state index contributed by atoms with van der Waals surface area (Å²) in [5.41, 5.74) is 9.82. The number of nitriles is 4. The molecule has 0 fully saturated rings. The minimum atomic E-state index is 0.230. The van der Waals surface area contributed by atoms with Crippen LogP contribution in [0.25, 0.3) is 55.6 Å². The molecule has 0 aliphatic heterocycles. The summed E-state index contributed by atoms with van der Waals surface area (Å²) in [6, 6.07) is 66.7. The Balaban J connectivity index is 1.41. The van der Waals surface area contributed by atoms with Crippen LogP contribution in [0.1, 0.15) is 22.3 Å². The summed E-state index contributed by atoms with van der Waals surface area (Å²) in [4.78, 5) is 0. The van der Waals surface area contributed by atoms with E-state index >= 15 is 0 Å². The van der Waals surface area contributed by atoms with Crippen molar-refractivity contribution in [2.45, 2.75) is 0 Å². The van der Waals surface area contributed by atoms with Crippen molar-refractivity contribution in [2.24, 2.45) is 0 Å². The molecule has 0 unspecified atom stereocenters. The maximum atomic E-state index is 9.83. The maximum absolute atomic E-state index is 9.83. The molecule has 8 aromatic carbocycles. The number of rotatable bonds is 9. The van der Waals surface area contributed by atoms with Crippen LogP contribution in [0.3, 0.4) is 0 Å². The highest BCUT2D eigenvalue weighted by molar-refractivity contribution is 5.93. The number of nitrogens with zero attached hydrogens (tertiary/aromatic N) is 4. The zero-order valence-electron chi connectivity index (χ0n) is 30.9. The largest absolute Gasteiger partial charge is 0.456 e. The van der Waals surface area contributed by atoms with Crippen LogP contribution in [-0.2, 0) is 0 Å². The molecular formula is C52H30N4O2. The van der Waals surface area contributed by atoms with E-state index < -0.39 is 0 Å². The van der Waals surface area contributed by atoms with Gasteiger partial charge in [0.05, 0.1) is 22.3 Å². The lowest BCUT2D eigenvalue weighted by atomic mass is 9.88. The van der Waals surface area contributed by atoms with E-state index in [0.717, 1.165) is 55.6 Å². The third kappa shape index (κ3) is 7.38. The fourth-order valence-corrected chi connectivity index (χ4v) is 6.93. The number of benzene rings is 8. The predicted molar refractivity (Wildman–Crippen MR) is 226 cm³/mol. The predicted octanol–water partition coefficient (Wildman–Crippen LogP) is 13.1. The second kappa shape index (κ2) is 16.4. The minimum Gasteiger partial charge on any atom is -0.456 e. The molecule has 0 aromatic heterocycles. The molecule has 0 saturated carbocycles. The van der Waals surface area contributed by atoms with Crippen molar-refractivity contribution in [2.75, 3.05) is 0 Å². The van der Waals surface area contributed by atoms with Gasteiger partial charge in [-0.3, -0.25) is 0 Å². The first-order valence-electron chi connectivity index (χ1n) is 18.4. The Morgan fingerprint density at radius 1 is 0.276 bits per heavy atom. The molecule has 0 atom stereocenters. The quantitative estimate of drug-likeness (QED) is 0.145. The lowest BCUT2D eigenvalue weighted by Crippen LogP contribution is -1.97. The van der Waals surface area contributed by atoms with E-state index in [1.165, 1.54) is 0 Å². The molecule has 0 saturated heterocycles. The van der Waals surface area contributed by atoms with Gasteiger partial charge in [0.1, 0.15) is 47.3 Å². The monoisotopic (exact) mass is 742 g/mol. The van der Waals surface area contributed by atoms with Crippen LogP contribution in [0.15, 0.2) is 182 Å². The van der Waals surface area contributed by atoms with Gasteiger partial charge in [0.25, 0.3) is 0 Å². The van der Waals surface area contributed by atoms with E-state index in [-0.39, 0.29) is 22.3 Å². The molecule has 0 spiro atoms. The van der Waals surface area contributed by atoms with Crippen LogP contribution >= 0.6 is 0 Å². The summed E-state index contributed by atoms with van der Waals surface area (Å²) >= 11 is 0. The highest BCUT2D eigenvalue weighted by Crippen LogP contribution is 2.48. The summed E-state index contributed by atoms with van der Waals surface area (Å²) in [6.07, 6.45) is 0. The normalized spacial score (nSPS) is 10.3. The van der Waals surface area contributed by atoms with Gasteiger partial charge in [0, 0.05) is 22.3 Å². The second-order valence-corrected chi connectivity index (χ2v) is 13.3. The lowest BCUT2D eigenvalue weighted by molar-refractivity contribution is 0.485. The molecule has 0 aliphatic carbocycles. The molecular weight excluding hydrogens is 713 g/mol. The van der Waals surface area contributed by atoms with Gasteiger partial charge >= 0.3 is 0 Å². The molecule has 0 N–H and O–H groups in total. The van der Waals surface area contributed by atoms with Gasteiger partial charge in [-0.2, -0.15) is 21.0 Å². The first kappa shape index (κ1) is 36.3. The van der Waals surface area contributed by atoms with Crippen molar-refractivity contribution >= 4 is 0 Å². The summed E-state index contributed by atoms with van der Waals surface area (Å²) in [5.74, 6) is 2.05. The van der Waals surface area contributed by atoms with Gasteiger partial charge < -0.3 is 9.47 Å². The van der Waals surface area contributed by atoms with Crippen LogP contribution < -0.4 is 9.47 Å². The third-order valence-electron chi connectivity index (χ3n) is 9.75. The minimum absolute atomic E-state index is 0.230. The molecule has 0 aliphatic rings. The molecule has 6 nitrogen and oxygen atoms in total. The molecule has 6 heteroatoms. The van der Waals surface area contributed by atoms with Gasteiger partial charge in [-0.05, 0) is 94.0 Å². The van der Waals surface area contributed by atoms with Gasteiger partial charge in [0.15, 0.2) is 0 Å². The molecule has 0 radical (unpaired) electrons. The molecule has 8 rings (SSSR count). The Bertz CT molecular complexity index is 2650. The van der Waals surface area contributed by atoms with Crippen LogP contribution in [0.2, 0.25) is 0 Å². The van der Waals surface area contributed by atoms with E-state index in [4.69, 9.17) is 9.47 Å². The van der Waals surface area contributed by atoms with Crippen LogP contribution in [0.5, 0.6) is 23.0 Å². The van der Waals surface area contributed by atoms with Gasteiger partial charge in [-0.25, -0.2) is 0 Å². The molecule has 8 aromatic rings. The molecule has 0 heterocycles. The Kier molecular flexibility index (Phi) is 10.2. The lowest BCUT2D eigenvalue weighted by Gasteiger charge is -2.21. The Morgan fingerprint density at radius 3 is 0.810 bits per heavy atom. The summed E-state index contributed by atoms with van der Waals surface area (Å²) in [6.45, 7) is 0. The fraction of sp³-hybridized carbons (Fsp3) is 0. The Labute approximate surface area is 336 Å². The average Bonchev–Trinajstić information content (AvgIpc) is 3.30. The summed E-state index contributed by atoms with van der Waals surface area (Å²) in [5, 5.41) is 38.9. The summed E-state index contributed by atoms with van der Waals surface area (Å²) < 4.78 is 13.5. The number of ether oxygens (including phenoxy) is 2. The maximum Gasteiger partial charge on any atom is 0.143 e. The standard InChI is InChI=1S/C52H30N4O2/c53-31-39-21-23-45(25-43(39)33-55)57-51-47(35-13-5-1-6-14-35)27-41(28-48(51)36-15-7-2-8-16-36)42-29-49(37-17-9-3-10-18-37)52(50(30-42)38-19-11-4-12-20-38)58-46-24-22-40(32-54)44(26-46)34-56/h1-30H. The average molecular weight is 743 g/mol. The zero-order valence-corrected chi connectivity index (χ0v) is 30.9. The van der Waals surface area contributed by atoms with Crippen molar-refractivity contribution < 1.29 is 9.47 Å². The number of hydrogen-bond donors (Lipinski definition) is 0.